The quantitative estimate of drug-likeness (QED) is 0.809. The lowest BCUT2D eigenvalue weighted by Crippen LogP contribution is -2.12. The second-order valence-electron chi connectivity index (χ2n) is 3.66. The molecule has 1 aromatic carbocycles. The van der Waals surface area contributed by atoms with E-state index in [-0.39, 0.29) is 11.7 Å². The lowest BCUT2D eigenvalue weighted by atomic mass is 9.96. The number of hydrogen-bond donors (Lipinski definition) is 0. The van der Waals surface area contributed by atoms with Crippen LogP contribution in [0.3, 0.4) is 0 Å². The van der Waals surface area contributed by atoms with Gasteiger partial charge in [-0.25, -0.2) is 0 Å². The summed E-state index contributed by atoms with van der Waals surface area (Å²) in [6.45, 7) is 3.84. The van der Waals surface area contributed by atoms with Gasteiger partial charge in [0.2, 0.25) is 0 Å². The van der Waals surface area contributed by atoms with Crippen molar-refractivity contribution in [3.05, 3.63) is 33.3 Å². The summed E-state index contributed by atoms with van der Waals surface area (Å²) in [7, 11) is 0. The molecule has 0 aromatic heterocycles. The van der Waals surface area contributed by atoms with Crippen molar-refractivity contribution in [3.8, 4) is 0 Å². The molecule has 0 heterocycles. The summed E-state index contributed by atoms with van der Waals surface area (Å²) >= 11 is 9.43. The van der Waals surface area contributed by atoms with Crippen LogP contribution in [-0.4, -0.2) is 5.78 Å². The van der Waals surface area contributed by atoms with Gasteiger partial charge < -0.3 is 0 Å². The van der Waals surface area contributed by atoms with Crippen LogP contribution in [-0.2, 0) is 11.2 Å². The molecule has 3 heteroatoms. The van der Waals surface area contributed by atoms with Crippen LogP contribution in [0.1, 0.15) is 25.8 Å². The lowest BCUT2D eigenvalue weighted by Gasteiger charge is -2.10. The van der Waals surface area contributed by atoms with E-state index < -0.39 is 0 Å². The van der Waals surface area contributed by atoms with Crippen molar-refractivity contribution in [2.45, 2.75) is 26.7 Å². The first-order valence-corrected chi connectivity index (χ1v) is 6.18. The van der Waals surface area contributed by atoms with Gasteiger partial charge in [-0.2, -0.15) is 0 Å². The molecule has 0 saturated carbocycles. The number of carbonyl (C=O) groups is 1. The maximum atomic E-state index is 11.4. The zero-order valence-corrected chi connectivity index (χ0v) is 11.2. The van der Waals surface area contributed by atoms with Crippen LogP contribution < -0.4 is 0 Å². The second kappa shape index (κ2) is 5.66. The van der Waals surface area contributed by atoms with Gasteiger partial charge in [0.05, 0.1) is 0 Å². The van der Waals surface area contributed by atoms with E-state index in [1.165, 1.54) is 0 Å². The highest BCUT2D eigenvalue weighted by atomic mass is 79.9. The normalized spacial score (nSPS) is 12.5. The van der Waals surface area contributed by atoms with Crippen molar-refractivity contribution >= 4 is 33.3 Å². The highest BCUT2D eigenvalue weighted by molar-refractivity contribution is 9.10. The number of benzene rings is 1. The molecule has 82 valence electrons. The summed E-state index contributed by atoms with van der Waals surface area (Å²) in [5.41, 5.74) is 1.04. The third-order valence-corrected chi connectivity index (χ3v) is 3.28. The van der Waals surface area contributed by atoms with E-state index in [1.54, 1.807) is 0 Å². The third-order valence-electron chi connectivity index (χ3n) is 2.44. The number of carbonyl (C=O) groups excluding carboxylic acids is 1. The molecule has 0 N–H and O–H groups in total. The molecule has 0 fully saturated rings. The molecule has 0 spiro atoms. The summed E-state index contributed by atoms with van der Waals surface area (Å²) in [6.07, 6.45) is 1.31. The summed E-state index contributed by atoms with van der Waals surface area (Å²) in [6, 6.07) is 5.77. The predicted molar refractivity (Wildman–Crippen MR) is 67.3 cm³/mol. The molecule has 0 radical (unpaired) electrons. The summed E-state index contributed by atoms with van der Waals surface area (Å²) in [4.78, 5) is 11.4. The van der Waals surface area contributed by atoms with Gasteiger partial charge >= 0.3 is 0 Å². The van der Waals surface area contributed by atoms with E-state index in [0.717, 1.165) is 21.5 Å². The van der Waals surface area contributed by atoms with E-state index in [0.29, 0.717) is 6.42 Å². The number of hydrogen-bond acceptors (Lipinski definition) is 1. The second-order valence-corrected chi connectivity index (χ2v) is 4.98. The fourth-order valence-corrected chi connectivity index (χ4v) is 2.23. The molecule has 0 aliphatic heterocycles. The zero-order chi connectivity index (χ0) is 11.4. The topological polar surface area (TPSA) is 17.1 Å². The Morgan fingerprint density at radius 1 is 1.53 bits per heavy atom. The molecular weight excluding hydrogens is 275 g/mol. The summed E-state index contributed by atoms with van der Waals surface area (Å²) < 4.78 is 0.964. The SMILES string of the molecule is CCC(=O)C(C)Cc1ccc(Br)cc1Cl. The van der Waals surface area contributed by atoms with E-state index in [9.17, 15) is 4.79 Å². The predicted octanol–water partition coefficient (Wildman–Crippen LogP) is 4.26. The molecule has 1 aromatic rings. The molecule has 1 nitrogen and oxygen atoms in total. The van der Waals surface area contributed by atoms with Crippen LogP contribution >= 0.6 is 27.5 Å². The van der Waals surface area contributed by atoms with E-state index in [1.807, 2.05) is 32.0 Å². The number of halogens is 2. The largest absolute Gasteiger partial charge is 0.299 e. The molecule has 0 saturated heterocycles. The Bertz CT molecular complexity index is 363. The highest BCUT2D eigenvalue weighted by Gasteiger charge is 2.13. The van der Waals surface area contributed by atoms with Crippen LogP contribution in [0.2, 0.25) is 5.02 Å². The van der Waals surface area contributed by atoms with Crippen molar-refractivity contribution in [1.29, 1.82) is 0 Å². The van der Waals surface area contributed by atoms with E-state index >= 15 is 0 Å². The van der Waals surface area contributed by atoms with Gasteiger partial charge in [0.15, 0.2) is 0 Å². The van der Waals surface area contributed by atoms with E-state index in [2.05, 4.69) is 15.9 Å². The molecule has 1 unspecified atom stereocenters. The van der Waals surface area contributed by atoms with Crippen LogP contribution in [0, 0.1) is 5.92 Å². The first-order valence-electron chi connectivity index (χ1n) is 5.01. The molecule has 1 rings (SSSR count). The molecule has 0 aliphatic carbocycles. The van der Waals surface area contributed by atoms with Crippen LogP contribution in [0.25, 0.3) is 0 Å². The molecule has 15 heavy (non-hydrogen) atoms. The first-order chi connectivity index (χ1) is 7.04. The Hall–Kier alpha value is -0.340. The smallest absolute Gasteiger partial charge is 0.135 e. The first kappa shape index (κ1) is 12.7. The summed E-state index contributed by atoms with van der Waals surface area (Å²) in [5.74, 6) is 0.336. The molecule has 0 amide bonds. The molecule has 0 aliphatic rings. The van der Waals surface area contributed by atoms with Crippen LogP contribution in [0.15, 0.2) is 22.7 Å². The monoisotopic (exact) mass is 288 g/mol. The Balaban J connectivity index is 2.76. The van der Waals surface area contributed by atoms with Gasteiger partial charge in [-0.1, -0.05) is 47.4 Å². The van der Waals surface area contributed by atoms with Crippen molar-refractivity contribution in [2.24, 2.45) is 5.92 Å². The van der Waals surface area contributed by atoms with Gasteiger partial charge in [-0.15, -0.1) is 0 Å². The number of ketones is 1. The maximum Gasteiger partial charge on any atom is 0.135 e. The fraction of sp³-hybridized carbons (Fsp3) is 0.417. The average molecular weight is 290 g/mol. The van der Waals surface area contributed by atoms with Crippen molar-refractivity contribution in [2.75, 3.05) is 0 Å². The van der Waals surface area contributed by atoms with Gasteiger partial charge in [-0.05, 0) is 24.1 Å². The van der Waals surface area contributed by atoms with Gasteiger partial charge in [0.25, 0.3) is 0 Å². The average Bonchev–Trinajstić information content (AvgIpc) is 2.20. The standard InChI is InChI=1S/C12H14BrClO/c1-3-12(15)8(2)6-9-4-5-10(13)7-11(9)14/h4-5,7-8H,3,6H2,1-2H3. The minimum absolute atomic E-state index is 0.0497. The highest BCUT2D eigenvalue weighted by Crippen LogP contribution is 2.24. The van der Waals surface area contributed by atoms with Gasteiger partial charge in [-0.3, -0.25) is 4.79 Å². The fourth-order valence-electron chi connectivity index (χ4n) is 1.48. The van der Waals surface area contributed by atoms with Crippen molar-refractivity contribution in [3.63, 3.8) is 0 Å². The number of Topliss-reactive ketones (excluding diaryl/α,β-unsaturated/α-hetero) is 1. The Morgan fingerprint density at radius 2 is 2.20 bits per heavy atom. The van der Waals surface area contributed by atoms with E-state index in [4.69, 9.17) is 11.6 Å². The Morgan fingerprint density at radius 3 is 2.73 bits per heavy atom. The zero-order valence-electron chi connectivity index (χ0n) is 8.89. The minimum atomic E-state index is 0.0497. The Labute approximate surface area is 104 Å². The van der Waals surface area contributed by atoms with Crippen molar-refractivity contribution in [1.82, 2.24) is 0 Å². The maximum absolute atomic E-state index is 11.4. The lowest BCUT2D eigenvalue weighted by molar-refractivity contribution is -0.122. The molecular formula is C12H14BrClO. The number of rotatable bonds is 4. The molecule has 0 bridgehead atoms. The van der Waals surface area contributed by atoms with Crippen LogP contribution in [0.4, 0.5) is 0 Å². The van der Waals surface area contributed by atoms with Gasteiger partial charge in [0, 0.05) is 21.8 Å². The molecule has 1 atom stereocenters. The third kappa shape index (κ3) is 3.62. The van der Waals surface area contributed by atoms with Gasteiger partial charge in [0.1, 0.15) is 5.78 Å². The Kier molecular flexibility index (Phi) is 4.81. The minimum Gasteiger partial charge on any atom is -0.299 e. The van der Waals surface area contributed by atoms with Crippen LogP contribution in [0.5, 0.6) is 0 Å². The summed E-state index contributed by atoms with van der Waals surface area (Å²) in [5, 5.41) is 0.722. The van der Waals surface area contributed by atoms with Crippen molar-refractivity contribution < 1.29 is 4.79 Å².